The second-order valence-corrected chi connectivity index (χ2v) is 7.84. The van der Waals surface area contributed by atoms with E-state index in [1.165, 1.54) is 31.4 Å². The summed E-state index contributed by atoms with van der Waals surface area (Å²) in [5, 5.41) is 32.0. The van der Waals surface area contributed by atoms with Crippen LogP contribution in [-0.4, -0.2) is 21.9 Å². The van der Waals surface area contributed by atoms with Gasteiger partial charge in [-0.1, -0.05) is 0 Å². The van der Waals surface area contributed by atoms with Crippen molar-refractivity contribution in [2.45, 2.75) is 25.7 Å². The van der Waals surface area contributed by atoms with Crippen LogP contribution in [0.25, 0.3) is 22.8 Å². The number of nitro benzene ring substituents is 2. The number of methoxy groups -OCH3 is 1. The van der Waals surface area contributed by atoms with Gasteiger partial charge in [0.25, 0.3) is 11.4 Å². The van der Waals surface area contributed by atoms with E-state index in [1.807, 2.05) is 6.08 Å². The van der Waals surface area contributed by atoms with Gasteiger partial charge in [0.05, 0.1) is 22.7 Å². The van der Waals surface area contributed by atoms with E-state index in [0.717, 1.165) is 36.0 Å². The number of ether oxygens (including phenoxy) is 1. The summed E-state index contributed by atoms with van der Waals surface area (Å²) in [6, 6.07) is 14.6. The highest BCUT2D eigenvalue weighted by Crippen LogP contribution is 2.41. The molecule has 2 aromatic carbocycles. The molecule has 4 rings (SSSR count). The molecule has 0 unspecified atom stereocenters. The van der Waals surface area contributed by atoms with E-state index in [9.17, 15) is 25.5 Å². The van der Waals surface area contributed by atoms with Gasteiger partial charge < -0.3 is 4.74 Å². The number of benzene rings is 2. The molecule has 0 N–H and O–H groups in total. The van der Waals surface area contributed by atoms with Crippen molar-refractivity contribution in [2.24, 2.45) is 0 Å². The fraction of sp³-hybridized carbons (Fsp3) is 0.200. The Labute approximate surface area is 195 Å². The highest BCUT2D eigenvalue weighted by molar-refractivity contribution is 5.87. The lowest BCUT2D eigenvalue weighted by Gasteiger charge is -2.18. The van der Waals surface area contributed by atoms with Gasteiger partial charge in [0.15, 0.2) is 0 Å². The van der Waals surface area contributed by atoms with E-state index in [1.54, 1.807) is 24.3 Å². The van der Waals surface area contributed by atoms with Crippen molar-refractivity contribution >= 4 is 23.0 Å². The van der Waals surface area contributed by atoms with Crippen LogP contribution in [0.3, 0.4) is 0 Å². The van der Waals surface area contributed by atoms with E-state index in [0.29, 0.717) is 23.2 Å². The molecule has 3 aromatic rings. The number of pyridine rings is 1. The summed E-state index contributed by atoms with van der Waals surface area (Å²) in [7, 11) is 1.45. The molecule has 1 aliphatic carbocycles. The maximum atomic E-state index is 11.1. The molecule has 1 heterocycles. The first-order valence-electron chi connectivity index (χ1n) is 10.6. The van der Waals surface area contributed by atoms with Crippen molar-refractivity contribution in [1.82, 2.24) is 4.98 Å². The Morgan fingerprint density at radius 1 is 0.971 bits per heavy atom. The molecule has 1 aliphatic rings. The van der Waals surface area contributed by atoms with E-state index in [2.05, 4.69) is 11.1 Å². The number of nitriles is 1. The molecule has 0 aliphatic heterocycles. The number of nitrogens with zero attached hydrogens (tertiary/aromatic N) is 4. The lowest BCUT2D eigenvalue weighted by Crippen LogP contribution is -2.05. The van der Waals surface area contributed by atoms with Gasteiger partial charge in [-0.2, -0.15) is 5.26 Å². The van der Waals surface area contributed by atoms with Gasteiger partial charge in [-0.3, -0.25) is 20.2 Å². The number of fused-ring (bicyclic) bond motifs is 1. The normalized spacial score (nSPS) is 14.1. The van der Waals surface area contributed by atoms with Crippen LogP contribution in [-0.2, 0) is 6.42 Å². The van der Waals surface area contributed by atoms with Crippen molar-refractivity contribution in [3.8, 4) is 23.1 Å². The molecule has 0 bridgehead atoms. The topological polar surface area (TPSA) is 132 Å². The zero-order valence-corrected chi connectivity index (χ0v) is 18.4. The molecule has 0 fully saturated rings. The Kier molecular flexibility index (Phi) is 6.32. The second kappa shape index (κ2) is 9.50. The van der Waals surface area contributed by atoms with Crippen LogP contribution >= 0.6 is 0 Å². The molecular weight excluding hydrogens is 436 g/mol. The third kappa shape index (κ3) is 4.34. The minimum atomic E-state index is -0.465. The largest absolute Gasteiger partial charge is 0.480 e. The summed E-state index contributed by atoms with van der Waals surface area (Å²) in [5.74, 6) is 0.186. The predicted octanol–water partition coefficient (Wildman–Crippen LogP) is 5.71. The zero-order chi connectivity index (χ0) is 24.2. The summed E-state index contributed by atoms with van der Waals surface area (Å²) >= 11 is 0. The minimum Gasteiger partial charge on any atom is -0.480 e. The number of hydrogen-bond donors (Lipinski definition) is 0. The Balaban J connectivity index is 1.92. The second-order valence-electron chi connectivity index (χ2n) is 7.84. The maximum absolute atomic E-state index is 11.1. The smallest absolute Gasteiger partial charge is 0.269 e. The van der Waals surface area contributed by atoms with Gasteiger partial charge in [0.1, 0.15) is 11.6 Å². The summed E-state index contributed by atoms with van der Waals surface area (Å²) in [5.41, 5.74) is 4.94. The molecule has 0 saturated heterocycles. The Morgan fingerprint density at radius 3 is 2.12 bits per heavy atom. The van der Waals surface area contributed by atoms with Crippen LogP contribution in [0.2, 0.25) is 0 Å². The Morgan fingerprint density at radius 2 is 1.56 bits per heavy atom. The molecular formula is C25H20N4O5. The Hall–Kier alpha value is -4.58. The third-order valence-corrected chi connectivity index (χ3v) is 5.81. The van der Waals surface area contributed by atoms with Crippen molar-refractivity contribution in [1.29, 1.82) is 5.26 Å². The monoisotopic (exact) mass is 456 g/mol. The molecule has 0 amide bonds. The molecule has 170 valence electrons. The first-order chi connectivity index (χ1) is 16.4. The van der Waals surface area contributed by atoms with E-state index >= 15 is 0 Å². The molecule has 1 aromatic heterocycles. The van der Waals surface area contributed by atoms with Crippen molar-refractivity contribution in [3.63, 3.8) is 0 Å². The average molecular weight is 456 g/mol. The van der Waals surface area contributed by atoms with Crippen LogP contribution in [0.4, 0.5) is 11.4 Å². The summed E-state index contributed by atoms with van der Waals surface area (Å²) < 4.78 is 5.46. The van der Waals surface area contributed by atoms with Crippen LogP contribution in [0.1, 0.15) is 41.6 Å². The number of nitro groups is 2. The summed E-state index contributed by atoms with van der Waals surface area (Å²) in [6.07, 6.45) is 5.16. The van der Waals surface area contributed by atoms with Crippen molar-refractivity contribution < 1.29 is 14.6 Å². The first-order valence-corrected chi connectivity index (χ1v) is 10.6. The summed E-state index contributed by atoms with van der Waals surface area (Å²) in [6.45, 7) is 0. The molecule has 0 saturated carbocycles. The van der Waals surface area contributed by atoms with Gasteiger partial charge in [-0.05, 0) is 78.3 Å². The number of aromatic nitrogens is 1. The highest BCUT2D eigenvalue weighted by atomic mass is 16.6. The van der Waals surface area contributed by atoms with E-state index in [4.69, 9.17) is 4.74 Å². The third-order valence-electron chi connectivity index (χ3n) is 5.81. The zero-order valence-electron chi connectivity index (χ0n) is 18.4. The van der Waals surface area contributed by atoms with Gasteiger partial charge in [-0.25, -0.2) is 4.98 Å². The fourth-order valence-corrected chi connectivity index (χ4v) is 4.20. The number of allylic oxidation sites excluding steroid dienone is 1. The molecule has 0 atom stereocenters. The molecule has 9 nitrogen and oxygen atoms in total. The van der Waals surface area contributed by atoms with E-state index < -0.39 is 9.85 Å². The fourth-order valence-electron chi connectivity index (χ4n) is 4.20. The minimum absolute atomic E-state index is 0.0160. The molecule has 0 radical (unpaired) electrons. The van der Waals surface area contributed by atoms with Crippen LogP contribution in [0.15, 0.2) is 48.5 Å². The predicted molar refractivity (Wildman–Crippen MR) is 126 cm³/mol. The van der Waals surface area contributed by atoms with Gasteiger partial charge in [-0.15, -0.1) is 0 Å². The van der Waals surface area contributed by atoms with Crippen LogP contribution in [0, 0.1) is 31.6 Å². The van der Waals surface area contributed by atoms with Crippen molar-refractivity contribution in [2.75, 3.05) is 7.11 Å². The Bertz CT molecular complexity index is 1340. The SMILES string of the molecule is COc1nc2c(c(-c3ccc([N+](=O)[O-])cc3)c1C#N)CCCC/C2=C\c1ccc([N+](=O)[O-])cc1. The molecule has 34 heavy (non-hydrogen) atoms. The quantitative estimate of drug-likeness (QED) is 0.273. The lowest BCUT2D eigenvalue weighted by molar-refractivity contribution is -0.385. The maximum Gasteiger partial charge on any atom is 0.269 e. The molecule has 9 heteroatoms. The standard InChI is InChI=1S/C25H20N4O5/c1-34-25-22(15-26)23(17-8-12-20(13-9-17)29(32)33)21-5-3-2-4-18(24(21)27-25)14-16-6-10-19(11-7-16)28(30)31/h6-14H,2-5H2,1H3/b18-14+. The van der Waals surface area contributed by atoms with Gasteiger partial charge >= 0.3 is 0 Å². The number of rotatable bonds is 5. The summed E-state index contributed by atoms with van der Waals surface area (Å²) in [4.78, 5) is 25.9. The molecule has 0 spiro atoms. The first kappa shape index (κ1) is 22.6. The van der Waals surface area contributed by atoms with Crippen molar-refractivity contribution in [3.05, 3.63) is 91.1 Å². The van der Waals surface area contributed by atoms with Crippen LogP contribution < -0.4 is 4.74 Å². The lowest BCUT2D eigenvalue weighted by atomic mass is 9.90. The number of hydrogen-bond acceptors (Lipinski definition) is 7. The average Bonchev–Trinajstić information content (AvgIpc) is 3.05. The van der Waals surface area contributed by atoms with E-state index in [-0.39, 0.29) is 22.8 Å². The van der Waals surface area contributed by atoms with Gasteiger partial charge in [0, 0.05) is 29.8 Å². The number of non-ortho nitro benzene ring substituents is 2. The van der Waals surface area contributed by atoms with Crippen LogP contribution in [0.5, 0.6) is 5.88 Å². The van der Waals surface area contributed by atoms with Gasteiger partial charge in [0.2, 0.25) is 5.88 Å². The highest BCUT2D eigenvalue weighted by Gasteiger charge is 2.25.